The molecule has 6 heteroatoms. The summed E-state index contributed by atoms with van der Waals surface area (Å²) < 4.78 is 14.6. The number of hydrogen-bond acceptors (Lipinski definition) is 2. The van der Waals surface area contributed by atoms with E-state index in [2.05, 4.69) is 5.10 Å². The molecule has 2 aliphatic rings. The molecule has 1 aliphatic heterocycles. The van der Waals surface area contributed by atoms with E-state index in [9.17, 15) is 14.0 Å². The molecule has 1 saturated carbocycles. The number of nitrogens with one attached hydrogen (secondary N) is 1. The normalized spacial score (nSPS) is 18.0. The highest BCUT2D eigenvalue weighted by atomic mass is 19.1. The minimum Gasteiger partial charge on any atom is -0.335 e. The zero-order chi connectivity index (χ0) is 14.6. The van der Waals surface area contributed by atoms with Crippen LogP contribution >= 0.6 is 0 Å². The van der Waals surface area contributed by atoms with Gasteiger partial charge in [0.05, 0.1) is 11.4 Å². The minimum atomic E-state index is -0.419. The van der Waals surface area contributed by atoms with Gasteiger partial charge in [-0.3, -0.25) is 14.7 Å². The summed E-state index contributed by atoms with van der Waals surface area (Å²) >= 11 is 0. The van der Waals surface area contributed by atoms with Crippen LogP contribution < -0.4 is 5.56 Å². The Hall–Kier alpha value is -2.37. The average Bonchev–Trinajstić information content (AvgIpc) is 3.23. The predicted molar refractivity (Wildman–Crippen MR) is 74.1 cm³/mol. The third-order valence-electron chi connectivity index (χ3n) is 4.10. The van der Waals surface area contributed by atoms with Gasteiger partial charge in [-0.05, 0) is 31.0 Å². The van der Waals surface area contributed by atoms with E-state index < -0.39 is 11.4 Å². The topological polar surface area (TPSA) is 58.1 Å². The number of benzene rings is 1. The van der Waals surface area contributed by atoms with E-state index in [1.54, 1.807) is 11.0 Å². The maximum atomic E-state index is 13.3. The molecule has 0 radical (unpaired) electrons. The highest BCUT2D eigenvalue weighted by Crippen LogP contribution is 2.30. The smallest absolute Gasteiger partial charge is 0.284 e. The van der Waals surface area contributed by atoms with Crippen molar-refractivity contribution in [1.82, 2.24) is 14.7 Å². The molecule has 5 nitrogen and oxygen atoms in total. The van der Waals surface area contributed by atoms with Gasteiger partial charge in [0.1, 0.15) is 11.4 Å². The summed E-state index contributed by atoms with van der Waals surface area (Å²) in [6, 6.07) is 6.05. The summed E-state index contributed by atoms with van der Waals surface area (Å²) in [4.78, 5) is 26.7. The van der Waals surface area contributed by atoms with Gasteiger partial charge in [0.2, 0.25) is 0 Å². The number of aromatic amines is 1. The van der Waals surface area contributed by atoms with Gasteiger partial charge in [-0.2, -0.15) is 0 Å². The van der Waals surface area contributed by atoms with E-state index in [1.165, 1.54) is 22.9 Å². The molecule has 0 atom stereocenters. The fourth-order valence-corrected chi connectivity index (χ4v) is 2.89. The molecule has 1 aliphatic carbocycles. The second-order valence-corrected chi connectivity index (χ2v) is 5.57. The maximum absolute atomic E-state index is 13.3. The van der Waals surface area contributed by atoms with Crippen LogP contribution in [-0.4, -0.2) is 33.2 Å². The van der Waals surface area contributed by atoms with E-state index in [0.717, 1.165) is 12.8 Å². The molecule has 1 amide bonds. The van der Waals surface area contributed by atoms with Gasteiger partial charge in [-0.15, -0.1) is 0 Å². The first-order valence-corrected chi connectivity index (χ1v) is 7.06. The lowest BCUT2D eigenvalue weighted by Crippen LogP contribution is -2.41. The first kappa shape index (κ1) is 12.4. The standard InChI is InChI=1S/C15H14FN3O2/c16-9-2-1-3-11(8-9)19-15(21)13-12(17-19)6-7-18(14(13)20)10-4-5-10/h1-3,8,10,17H,4-7H2. The van der Waals surface area contributed by atoms with Crippen molar-refractivity contribution in [3.63, 3.8) is 0 Å². The lowest BCUT2D eigenvalue weighted by Gasteiger charge is -2.25. The monoisotopic (exact) mass is 287 g/mol. The molecule has 21 heavy (non-hydrogen) atoms. The third-order valence-corrected chi connectivity index (χ3v) is 4.10. The molecule has 0 unspecified atom stereocenters. The van der Waals surface area contributed by atoms with Crippen molar-refractivity contribution < 1.29 is 9.18 Å². The van der Waals surface area contributed by atoms with Gasteiger partial charge in [0.25, 0.3) is 11.5 Å². The number of rotatable bonds is 2. The van der Waals surface area contributed by atoms with Gasteiger partial charge in [-0.1, -0.05) is 6.07 Å². The zero-order valence-electron chi connectivity index (χ0n) is 11.3. The fraction of sp³-hybridized carbons (Fsp3) is 0.333. The fourth-order valence-electron chi connectivity index (χ4n) is 2.89. The lowest BCUT2D eigenvalue weighted by molar-refractivity contribution is 0.0725. The Morgan fingerprint density at radius 1 is 1.24 bits per heavy atom. The van der Waals surface area contributed by atoms with Crippen molar-refractivity contribution in [3.8, 4) is 5.69 Å². The number of aromatic nitrogens is 2. The van der Waals surface area contributed by atoms with Gasteiger partial charge in [-0.25, -0.2) is 9.07 Å². The second kappa shape index (κ2) is 4.31. The van der Waals surface area contributed by atoms with Crippen LogP contribution in [0.2, 0.25) is 0 Å². The molecule has 108 valence electrons. The molecule has 2 aromatic rings. The van der Waals surface area contributed by atoms with Crippen molar-refractivity contribution in [2.45, 2.75) is 25.3 Å². The molecule has 1 aromatic carbocycles. The van der Waals surface area contributed by atoms with Crippen LogP contribution in [0.3, 0.4) is 0 Å². The number of H-pyrrole nitrogens is 1. The van der Waals surface area contributed by atoms with E-state index in [4.69, 9.17) is 0 Å². The van der Waals surface area contributed by atoms with Crippen molar-refractivity contribution >= 4 is 5.91 Å². The summed E-state index contributed by atoms with van der Waals surface area (Å²) in [5.74, 6) is -0.618. The first-order valence-electron chi connectivity index (χ1n) is 7.06. The summed E-state index contributed by atoms with van der Waals surface area (Å²) in [6.45, 7) is 0.638. The number of carbonyl (C=O) groups excluding carboxylic acids is 1. The molecule has 0 saturated heterocycles. The Kier molecular flexibility index (Phi) is 2.54. The first-order chi connectivity index (χ1) is 10.1. The second-order valence-electron chi connectivity index (χ2n) is 5.57. The number of hydrogen-bond donors (Lipinski definition) is 1. The Balaban J connectivity index is 1.81. The molecular formula is C15H14FN3O2. The molecule has 1 aromatic heterocycles. The SMILES string of the molecule is O=C1c2c([nH]n(-c3cccc(F)c3)c2=O)CCN1C1CC1. The van der Waals surface area contributed by atoms with E-state index >= 15 is 0 Å². The summed E-state index contributed by atoms with van der Waals surface area (Å²) in [6.07, 6.45) is 2.67. The molecule has 2 heterocycles. The minimum absolute atomic E-state index is 0.199. The van der Waals surface area contributed by atoms with Crippen LogP contribution in [0, 0.1) is 5.82 Å². The third kappa shape index (κ3) is 1.90. The summed E-state index contributed by atoms with van der Waals surface area (Å²) in [5.41, 5.74) is 0.856. The van der Waals surface area contributed by atoms with Crippen LogP contribution in [0.5, 0.6) is 0 Å². The molecule has 0 bridgehead atoms. The molecule has 4 rings (SSSR count). The highest BCUT2D eigenvalue weighted by Gasteiger charge is 2.38. The van der Waals surface area contributed by atoms with Crippen molar-refractivity contribution in [3.05, 3.63) is 51.7 Å². The van der Waals surface area contributed by atoms with Gasteiger partial charge in [0, 0.05) is 19.0 Å². The van der Waals surface area contributed by atoms with Gasteiger partial charge < -0.3 is 4.90 Å². The van der Waals surface area contributed by atoms with E-state index in [1.807, 2.05) is 0 Å². The Morgan fingerprint density at radius 3 is 2.76 bits per heavy atom. The maximum Gasteiger partial charge on any atom is 0.284 e. The van der Waals surface area contributed by atoms with Gasteiger partial charge in [0.15, 0.2) is 0 Å². The van der Waals surface area contributed by atoms with Gasteiger partial charge >= 0.3 is 0 Å². The van der Waals surface area contributed by atoms with Crippen molar-refractivity contribution in [2.75, 3.05) is 6.54 Å². The molecule has 0 spiro atoms. The van der Waals surface area contributed by atoms with Crippen LogP contribution in [0.1, 0.15) is 28.9 Å². The molecular weight excluding hydrogens is 273 g/mol. The Bertz CT molecular complexity index is 788. The van der Waals surface area contributed by atoms with Crippen LogP contribution in [0.25, 0.3) is 5.69 Å². The van der Waals surface area contributed by atoms with Crippen LogP contribution in [0.4, 0.5) is 4.39 Å². The largest absolute Gasteiger partial charge is 0.335 e. The number of amides is 1. The molecule has 1 N–H and O–H groups in total. The number of halogens is 1. The van der Waals surface area contributed by atoms with Crippen molar-refractivity contribution in [1.29, 1.82) is 0 Å². The summed E-state index contributed by atoms with van der Waals surface area (Å²) in [7, 11) is 0. The van der Waals surface area contributed by atoms with Crippen molar-refractivity contribution in [2.24, 2.45) is 0 Å². The zero-order valence-corrected chi connectivity index (χ0v) is 11.3. The highest BCUT2D eigenvalue weighted by molar-refractivity contribution is 5.96. The predicted octanol–water partition coefficient (Wildman–Crippen LogP) is 1.47. The van der Waals surface area contributed by atoms with E-state index in [-0.39, 0.29) is 11.5 Å². The van der Waals surface area contributed by atoms with Crippen LogP contribution in [0.15, 0.2) is 29.1 Å². The quantitative estimate of drug-likeness (QED) is 0.909. The van der Waals surface area contributed by atoms with Crippen LogP contribution in [-0.2, 0) is 6.42 Å². The average molecular weight is 287 g/mol. The Labute approximate surface area is 120 Å². The number of nitrogens with zero attached hydrogens (tertiary/aromatic N) is 2. The Morgan fingerprint density at radius 2 is 2.05 bits per heavy atom. The lowest BCUT2D eigenvalue weighted by atomic mass is 10.1. The number of carbonyl (C=O) groups is 1. The summed E-state index contributed by atoms with van der Waals surface area (Å²) in [5, 5.41) is 2.95. The number of fused-ring (bicyclic) bond motifs is 1. The van der Waals surface area contributed by atoms with E-state index in [0.29, 0.717) is 30.4 Å². The molecule has 1 fully saturated rings.